The highest BCUT2D eigenvalue weighted by molar-refractivity contribution is 5.55. The normalized spacial score (nSPS) is 26.3. The lowest BCUT2D eigenvalue weighted by Crippen LogP contribution is -2.51. The third-order valence-corrected chi connectivity index (χ3v) is 4.64. The lowest BCUT2D eigenvalue weighted by molar-refractivity contribution is 0.332. The Balaban J connectivity index is 2.32. The molecule has 2 heteroatoms. The van der Waals surface area contributed by atoms with Crippen molar-refractivity contribution in [2.75, 3.05) is 18.5 Å². The van der Waals surface area contributed by atoms with E-state index >= 15 is 0 Å². The molecular weight excluding hydrogens is 220 g/mol. The van der Waals surface area contributed by atoms with Gasteiger partial charge in [-0.1, -0.05) is 32.0 Å². The maximum Gasteiger partial charge on any atom is 0.0526 e. The van der Waals surface area contributed by atoms with Crippen molar-refractivity contribution in [2.45, 2.75) is 45.6 Å². The molecule has 100 valence electrons. The molecule has 1 saturated carbocycles. The number of aryl methyl sites for hydroxylation is 1. The van der Waals surface area contributed by atoms with Crippen LogP contribution in [0, 0.1) is 12.3 Å². The Morgan fingerprint density at radius 2 is 1.89 bits per heavy atom. The van der Waals surface area contributed by atoms with Gasteiger partial charge in [0.15, 0.2) is 0 Å². The number of para-hydroxylation sites is 1. The standard InChI is InChI=1S/C16H26N2/c1-13-7-5-6-8-14(13)18(4)16(12-17)10-9-15(2,3)11-16/h5-8H,9-12,17H2,1-4H3. The first-order chi connectivity index (χ1) is 8.40. The van der Waals surface area contributed by atoms with E-state index in [9.17, 15) is 0 Å². The van der Waals surface area contributed by atoms with Crippen LogP contribution in [-0.4, -0.2) is 19.1 Å². The number of nitrogens with two attached hydrogens (primary N) is 1. The zero-order chi connectivity index (χ0) is 13.4. The quantitative estimate of drug-likeness (QED) is 0.886. The fourth-order valence-corrected chi connectivity index (χ4v) is 3.43. The van der Waals surface area contributed by atoms with Crippen LogP contribution in [0.3, 0.4) is 0 Å². The zero-order valence-corrected chi connectivity index (χ0v) is 12.2. The average molecular weight is 246 g/mol. The van der Waals surface area contributed by atoms with Crippen molar-refractivity contribution in [3.8, 4) is 0 Å². The van der Waals surface area contributed by atoms with Gasteiger partial charge in [0.25, 0.3) is 0 Å². The first-order valence-electron chi connectivity index (χ1n) is 6.90. The van der Waals surface area contributed by atoms with Crippen LogP contribution >= 0.6 is 0 Å². The van der Waals surface area contributed by atoms with Crippen molar-refractivity contribution in [1.29, 1.82) is 0 Å². The second-order valence-corrected chi connectivity index (χ2v) is 6.61. The predicted octanol–water partition coefficient (Wildman–Crippen LogP) is 3.34. The van der Waals surface area contributed by atoms with E-state index in [-0.39, 0.29) is 5.54 Å². The summed E-state index contributed by atoms with van der Waals surface area (Å²) >= 11 is 0. The van der Waals surface area contributed by atoms with Crippen molar-refractivity contribution in [2.24, 2.45) is 11.1 Å². The van der Waals surface area contributed by atoms with Crippen molar-refractivity contribution >= 4 is 5.69 Å². The van der Waals surface area contributed by atoms with Gasteiger partial charge in [0.1, 0.15) is 0 Å². The molecule has 1 unspecified atom stereocenters. The van der Waals surface area contributed by atoms with E-state index in [1.807, 2.05) is 0 Å². The van der Waals surface area contributed by atoms with Gasteiger partial charge in [-0.25, -0.2) is 0 Å². The summed E-state index contributed by atoms with van der Waals surface area (Å²) in [6.45, 7) is 7.63. The molecule has 0 bridgehead atoms. The van der Waals surface area contributed by atoms with Crippen LogP contribution in [-0.2, 0) is 0 Å². The molecule has 1 aromatic carbocycles. The molecule has 1 atom stereocenters. The van der Waals surface area contributed by atoms with Crippen molar-refractivity contribution in [3.63, 3.8) is 0 Å². The van der Waals surface area contributed by atoms with E-state index in [1.54, 1.807) is 0 Å². The number of nitrogens with zero attached hydrogens (tertiary/aromatic N) is 1. The van der Waals surface area contributed by atoms with Gasteiger partial charge < -0.3 is 10.6 Å². The lowest BCUT2D eigenvalue weighted by Gasteiger charge is -2.41. The van der Waals surface area contributed by atoms with Gasteiger partial charge in [-0.05, 0) is 43.2 Å². The van der Waals surface area contributed by atoms with E-state index in [1.165, 1.54) is 30.5 Å². The molecule has 0 aromatic heterocycles. The Morgan fingerprint density at radius 1 is 1.22 bits per heavy atom. The Hall–Kier alpha value is -1.02. The largest absolute Gasteiger partial charge is 0.367 e. The summed E-state index contributed by atoms with van der Waals surface area (Å²) in [6, 6.07) is 8.59. The number of hydrogen-bond donors (Lipinski definition) is 1. The summed E-state index contributed by atoms with van der Waals surface area (Å²) in [7, 11) is 2.20. The van der Waals surface area contributed by atoms with E-state index in [2.05, 4.69) is 57.0 Å². The molecule has 0 heterocycles. The van der Waals surface area contributed by atoms with Gasteiger partial charge in [-0.3, -0.25) is 0 Å². The zero-order valence-electron chi connectivity index (χ0n) is 12.2. The minimum Gasteiger partial charge on any atom is -0.367 e. The lowest BCUT2D eigenvalue weighted by atomic mass is 9.86. The maximum absolute atomic E-state index is 6.14. The van der Waals surface area contributed by atoms with Crippen LogP contribution in [0.15, 0.2) is 24.3 Å². The number of likely N-dealkylation sites (N-methyl/N-ethyl adjacent to an activating group) is 1. The van der Waals surface area contributed by atoms with Gasteiger partial charge in [0, 0.05) is 19.3 Å². The predicted molar refractivity (Wildman–Crippen MR) is 79.0 cm³/mol. The molecule has 0 aliphatic heterocycles. The van der Waals surface area contributed by atoms with Crippen LogP contribution in [0.1, 0.15) is 38.7 Å². The minimum absolute atomic E-state index is 0.135. The van der Waals surface area contributed by atoms with E-state index in [0.29, 0.717) is 5.41 Å². The van der Waals surface area contributed by atoms with Gasteiger partial charge in [-0.2, -0.15) is 0 Å². The molecule has 0 amide bonds. The van der Waals surface area contributed by atoms with E-state index in [0.717, 1.165) is 6.54 Å². The average Bonchev–Trinajstić information content (AvgIpc) is 2.66. The van der Waals surface area contributed by atoms with Crippen LogP contribution < -0.4 is 10.6 Å². The molecule has 1 aliphatic rings. The Bertz CT molecular complexity index is 425. The fourth-order valence-electron chi connectivity index (χ4n) is 3.43. The summed E-state index contributed by atoms with van der Waals surface area (Å²) in [4.78, 5) is 2.43. The maximum atomic E-state index is 6.14. The van der Waals surface area contributed by atoms with Gasteiger partial charge >= 0.3 is 0 Å². The third-order valence-electron chi connectivity index (χ3n) is 4.64. The number of anilines is 1. The highest BCUT2D eigenvalue weighted by Gasteiger charge is 2.45. The Morgan fingerprint density at radius 3 is 2.39 bits per heavy atom. The molecule has 0 spiro atoms. The minimum atomic E-state index is 0.135. The van der Waals surface area contributed by atoms with Crippen LogP contribution in [0.4, 0.5) is 5.69 Å². The molecule has 2 nitrogen and oxygen atoms in total. The molecular formula is C16H26N2. The van der Waals surface area contributed by atoms with Crippen LogP contribution in [0.5, 0.6) is 0 Å². The third kappa shape index (κ3) is 2.26. The summed E-state index contributed by atoms with van der Waals surface area (Å²) in [5, 5.41) is 0. The van der Waals surface area contributed by atoms with Crippen molar-refractivity contribution < 1.29 is 0 Å². The molecule has 1 fully saturated rings. The summed E-state index contributed by atoms with van der Waals surface area (Å²) < 4.78 is 0. The number of rotatable bonds is 3. The number of benzene rings is 1. The molecule has 2 rings (SSSR count). The molecule has 2 N–H and O–H groups in total. The van der Waals surface area contributed by atoms with Crippen LogP contribution in [0.25, 0.3) is 0 Å². The summed E-state index contributed by atoms with van der Waals surface area (Å²) in [6.07, 6.45) is 3.64. The van der Waals surface area contributed by atoms with Crippen molar-refractivity contribution in [3.05, 3.63) is 29.8 Å². The van der Waals surface area contributed by atoms with E-state index < -0.39 is 0 Å². The first-order valence-corrected chi connectivity index (χ1v) is 6.90. The second-order valence-electron chi connectivity index (χ2n) is 6.61. The highest BCUT2D eigenvalue weighted by atomic mass is 15.2. The molecule has 0 radical (unpaired) electrons. The highest BCUT2D eigenvalue weighted by Crippen LogP contribution is 2.47. The summed E-state index contributed by atoms with van der Waals surface area (Å²) in [5.41, 5.74) is 9.34. The Kier molecular flexibility index (Phi) is 3.41. The number of hydrogen-bond acceptors (Lipinski definition) is 2. The SMILES string of the molecule is Cc1ccccc1N(C)C1(CN)CCC(C)(C)C1. The van der Waals surface area contributed by atoms with Gasteiger partial charge in [0.05, 0.1) is 5.54 Å². The smallest absolute Gasteiger partial charge is 0.0526 e. The molecule has 18 heavy (non-hydrogen) atoms. The monoisotopic (exact) mass is 246 g/mol. The topological polar surface area (TPSA) is 29.3 Å². The molecule has 1 aromatic rings. The Labute approximate surface area is 111 Å². The fraction of sp³-hybridized carbons (Fsp3) is 0.625. The second kappa shape index (κ2) is 4.58. The molecule has 0 saturated heterocycles. The van der Waals surface area contributed by atoms with E-state index in [4.69, 9.17) is 5.73 Å². The van der Waals surface area contributed by atoms with Gasteiger partial charge in [0.2, 0.25) is 0 Å². The van der Waals surface area contributed by atoms with Gasteiger partial charge in [-0.15, -0.1) is 0 Å². The summed E-state index contributed by atoms with van der Waals surface area (Å²) in [5.74, 6) is 0. The molecule has 1 aliphatic carbocycles. The first kappa shape index (κ1) is 13.4. The van der Waals surface area contributed by atoms with Crippen molar-refractivity contribution in [1.82, 2.24) is 0 Å². The van der Waals surface area contributed by atoms with Crippen LogP contribution in [0.2, 0.25) is 0 Å².